The van der Waals surface area contributed by atoms with Crippen LogP contribution in [0.3, 0.4) is 0 Å². The molecule has 0 amide bonds. The second kappa shape index (κ2) is 9.32. The summed E-state index contributed by atoms with van der Waals surface area (Å²) in [4.78, 5) is 4.30. The number of benzene rings is 1. The monoisotopic (exact) mass is 479 g/mol. The molecule has 0 aliphatic heterocycles. The molecule has 26 heavy (non-hydrogen) atoms. The van der Waals surface area contributed by atoms with E-state index in [1.165, 1.54) is 6.07 Å². The maximum absolute atomic E-state index is 13.7. The van der Waals surface area contributed by atoms with Gasteiger partial charge >= 0.3 is 0 Å². The summed E-state index contributed by atoms with van der Waals surface area (Å²) >= 11 is 0. The Kier molecular flexibility index (Phi) is 8.29. The van der Waals surface area contributed by atoms with Gasteiger partial charge in [0.1, 0.15) is 5.82 Å². The Morgan fingerprint density at radius 2 is 2.00 bits per heavy atom. The zero-order valence-corrected chi connectivity index (χ0v) is 18.8. The van der Waals surface area contributed by atoms with Gasteiger partial charge in [0, 0.05) is 44.8 Å². The van der Waals surface area contributed by atoms with Crippen LogP contribution >= 0.6 is 24.0 Å². The SMILES string of the molecule is CN=C(NCc1ccc(F)c(COC)c1)NC1CC(C)(OC)C1(C)C.I. The molecular weight excluding hydrogens is 448 g/mol. The number of nitrogens with one attached hydrogen (secondary N) is 2. The molecule has 0 saturated heterocycles. The maximum atomic E-state index is 13.7. The summed E-state index contributed by atoms with van der Waals surface area (Å²) in [7, 11) is 5.07. The average molecular weight is 479 g/mol. The van der Waals surface area contributed by atoms with Crippen molar-refractivity contribution in [1.29, 1.82) is 0 Å². The summed E-state index contributed by atoms with van der Waals surface area (Å²) in [5, 5.41) is 6.76. The van der Waals surface area contributed by atoms with Crippen LogP contribution in [0, 0.1) is 11.2 Å². The minimum absolute atomic E-state index is 0. The summed E-state index contributed by atoms with van der Waals surface area (Å²) in [6.07, 6.45) is 0.922. The van der Waals surface area contributed by atoms with E-state index in [1.54, 1.807) is 27.3 Å². The zero-order valence-electron chi connectivity index (χ0n) is 16.5. The number of nitrogens with zero attached hydrogens (tertiary/aromatic N) is 1. The predicted molar refractivity (Wildman–Crippen MR) is 113 cm³/mol. The first-order valence-electron chi connectivity index (χ1n) is 8.56. The van der Waals surface area contributed by atoms with Gasteiger partial charge in [0.2, 0.25) is 0 Å². The Hall–Kier alpha value is -0.930. The highest BCUT2D eigenvalue weighted by Gasteiger charge is 2.58. The highest BCUT2D eigenvalue weighted by atomic mass is 127. The fraction of sp³-hybridized carbons (Fsp3) is 0.632. The normalized spacial score (nSPS) is 24.4. The molecular formula is C19H31FIN3O2. The van der Waals surface area contributed by atoms with Crippen LogP contribution < -0.4 is 10.6 Å². The van der Waals surface area contributed by atoms with Crippen LogP contribution in [0.5, 0.6) is 0 Å². The molecule has 2 rings (SSSR count). The quantitative estimate of drug-likeness (QED) is 0.373. The largest absolute Gasteiger partial charge is 0.380 e. The molecule has 2 N–H and O–H groups in total. The molecule has 0 bridgehead atoms. The van der Waals surface area contributed by atoms with Crippen molar-refractivity contribution in [2.45, 2.75) is 52.0 Å². The van der Waals surface area contributed by atoms with Gasteiger partial charge in [0.25, 0.3) is 0 Å². The summed E-state index contributed by atoms with van der Waals surface area (Å²) in [5.41, 5.74) is 1.41. The molecule has 5 nitrogen and oxygen atoms in total. The average Bonchev–Trinajstić information content (AvgIpc) is 2.59. The third-order valence-corrected chi connectivity index (χ3v) is 5.68. The van der Waals surface area contributed by atoms with Gasteiger partial charge in [0.05, 0.1) is 12.2 Å². The molecule has 0 heterocycles. The molecule has 1 aliphatic carbocycles. The summed E-state index contributed by atoms with van der Waals surface area (Å²) in [6, 6.07) is 5.33. The Labute approximate surface area is 173 Å². The van der Waals surface area contributed by atoms with E-state index in [1.807, 2.05) is 6.07 Å². The van der Waals surface area contributed by atoms with Gasteiger partial charge in [-0.3, -0.25) is 4.99 Å². The van der Waals surface area contributed by atoms with Crippen LogP contribution in [0.4, 0.5) is 4.39 Å². The molecule has 2 unspecified atom stereocenters. The van der Waals surface area contributed by atoms with Crippen LogP contribution in [0.1, 0.15) is 38.3 Å². The van der Waals surface area contributed by atoms with Crippen molar-refractivity contribution in [2.75, 3.05) is 21.3 Å². The minimum Gasteiger partial charge on any atom is -0.380 e. The number of ether oxygens (including phenoxy) is 2. The van der Waals surface area contributed by atoms with Crippen LogP contribution in [-0.4, -0.2) is 38.9 Å². The molecule has 1 aliphatic rings. The van der Waals surface area contributed by atoms with Crippen LogP contribution in [0.2, 0.25) is 0 Å². The smallest absolute Gasteiger partial charge is 0.191 e. The Morgan fingerprint density at radius 1 is 1.31 bits per heavy atom. The highest BCUT2D eigenvalue weighted by Crippen LogP contribution is 2.51. The van der Waals surface area contributed by atoms with Gasteiger partial charge in [-0.25, -0.2) is 4.39 Å². The third kappa shape index (κ3) is 4.67. The first-order chi connectivity index (χ1) is 11.8. The molecule has 1 saturated carbocycles. The van der Waals surface area contributed by atoms with Crippen molar-refractivity contribution in [3.8, 4) is 0 Å². The molecule has 1 aromatic rings. The van der Waals surface area contributed by atoms with Gasteiger partial charge in [0.15, 0.2) is 5.96 Å². The van der Waals surface area contributed by atoms with E-state index in [9.17, 15) is 4.39 Å². The predicted octanol–water partition coefficient (Wildman–Crippen LogP) is 3.46. The van der Waals surface area contributed by atoms with Crippen LogP contribution in [0.15, 0.2) is 23.2 Å². The van der Waals surface area contributed by atoms with Crippen molar-refractivity contribution in [3.63, 3.8) is 0 Å². The number of guanidine groups is 1. The van der Waals surface area contributed by atoms with E-state index in [0.717, 1.165) is 17.9 Å². The molecule has 0 aromatic heterocycles. The lowest BCUT2D eigenvalue weighted by Crippen LogP contribution is -2.69. The van der Waals surface area contributed by atoms with Crippen molar-refractivity contribution in [2.24, 2.45) is 10.4 Å². The molecule has 0 spiro atoms. The first-order valence-corrected chi connectivity index (χ1v) is 8.56. The topological polar surface area (TPSA) is 54.9 Å². The van der Waals surface area contributed by atoms with E-state index >= 15 is 0 Å². The minimum atomic E-state index is -0.247. The van der Waals surface area contributed by atoms with Crippen molar-refractivity contribution in [1.82, 2.24) is 10.6 Å². The van der Waals surface area contributed by atoms with Crippen molar-refractivity contribution < 1.29 is 13.9 Å². The Morgan fingerprint density at radius 3 is 2.54 bits per heavy atom. The molecule has 1 aromatic carbocycles. The molecule has 148 valence electrons. The lowest BCUT2D eigenvalue weighted by molar-refractivity contribution is -0.176. The van der Waals surface area contributed by atoms with Crippen molar-refractivity contribution in [3.05, 3.63) is 35.1 Å². The Bertz CT molecular complexity index is 639. The fourth-order valence-corrected chi connectivity index (χ4v) is 3.27. The Balaban J connectivity index is 0.00000338. The van der Waals surface area contributed by atoms with E-state index in [-0.39, 0.29) is 53.5 Å². The lowest BCUT2D eigenvalue weighted by atomic mass is 9.56. The number of halogens is 2. The zero-order chi connectivity index (χ0) is 18.7. The van der Waals surface area contributed by atoms with Crippen LogP contribution in [-0.2, 0) is 22.6 Å². The number of methoxy groups -OCH3 is 2. The standard InChI is InChI=1S/C19H30FN3O2.HI/c1-18(2)16(10-19(18,3)25-6)23-17(21-4)22-11-13-7-8-15(20)14(9-13)12-24-5;/h7-9,16H,10-12H2,1-6H3,(H2,21,22,23);1H. The second-order valence-corrected chi connectivity index (χ2v) is 7.34. The van der Waals surface area contributed by atoms with Gasteiger partial charge < -0.3 is 20.1 Å². The number of hydrogen-bond acceptors (Lipinski definition) is 3. The molecule has 7 heteroatoms. The summed E-state index contributed by atoms with van der Waals surface area (Å²) in [5.74, 6) is 0.483. The van der Waals surface area contributed by atoms with E-state index < -0.39 is 0 Å². The molecule has 0 radical (unpaired) electrons. The van der Waals surface area contributed by atoms with E-state index in [2.05, 4.69) is 36.4 Å². The number of rotatable bonds is 6. The molecule has 1 fully saturated rings. The van der Waals surface area contributed by atoms with Crippen molar-refractivity contribution >= 4 is 29.9 Å². The van der Waals surface area contributed by atoms with Gasteiger partial charge in [-0.1, -0.05) is 19.9 Å². The first kappa shape index (κ1) is 23.1. The van der Waals surface area contributed by atoms with E-state index in [0.29, 0.717) is 12.1 Å². The van der Waals surface area contributed by atoms with Crippen LogP contribution in [0.25, 0.3) is 0 Å². The fourth-order valence-electron chi connectivity index (χ4n) is 3.27. The second-order valence-electron chi connectivity index (χ2n) is 7.34. The highest BCUT2D eigenvalue weighted by molar-refractivity contribution is 14.0. The van der Waals surface area contributed by atoms with E-state index in [4.69, 9.17) is 9.47 Å². The number of aliphatic imine (C=N–C) groups is 1. The summed E-state index contributed by atoms with van der Waals surface area (Å²) in [6.45, 7) is 7.35. The summed E-state index contributed by atoms with van der Waals surface area (Å²) < 4.78 is 24.4. The lowest BCUT2D eigenvalue weighted by Gasteiger charge is -2.59. The van der Waals surface area contributed by atoms with Gasteiger partial charge in [-0.05, 0) is 31.0 Å². The number of hydrogen-bond donors (Lipinski definition) is 2. The molecule has 2 atom stereocenters. The van der Waals surface area contributed by atoms with Gasteiger partial charge in [-0.15, -0.1) is 24.0 Å². The third-order valence-electron chi connectivity index (χ3n) is 5.68. The maximum Gasteiger partial charge on any atom is 0.191 e. The van der Waals surface area contributed by atoms with Gasteiger partial charge in [-0.2, -0.15) is 0 Å².